The minimum Gasteiger partial charge on any atom is -0.367 e. The SMILES string of the molecule is O=C1CCC(c2cccc(N3CCN(c4ccnc5ccnn45)CC3)c2Cl)C(=O)N1. The highest BCUT2D eigenvalue weighted by molar-refractivity contribution is 6.34. The number of amides is 2. The maximum atomic E-state index is 12.3. The van der Waals surface area contributed by atoms with E-state index in [1.165, 1.54) is 0 Å². The summed E-state index contributed by atoms with van der Waals surface area (Å²) in [5.74, 6) is 0.146. The third kappa shape index (κ3) is 3.27. The van der Waals surface area contributed by atoms with Crippen molar-refractivity contribution >= 4 is 40.6 Å². The Bertz CT molecular complexity index is 1120. The Hall–Kier alpha value is -3.13. The van der Waals surface area contributed by atoms with Crippen LogP contribution in [0.2, 0.25) is 5.02 Å². The number of benzene rings is 1. The van der Waals surface area contributed by atoms with Crippen LogP contribution in [0.25, 0.3) is 5.65 Å². The third-order valence-electron chi connectivity index (χ3n) is 5.84. The largest absolute Gasteiger partial charge is 0.367 e. The number of anilines is 2. The Balaban J connectivity index is 1.35. The minimum atomic E-state index is -0.388. The van der Waals surface area contributed by atoms with Crippen LogP contribution in [0.3, 0.4) is 0 Å². The number of piperidine rings is 1. The fraction of sp³-hybridized carbons (Fsp3) is 0.333. The zero-order chi connectivity index (χ0) is 20.7. The molecule has 154 valence electrons. The lowest BCUT2D eigenvalue weighted by molar-refractivity contribution is -0.134. The van der Waals surface area contributed by atoms with E-state index in [0.29, 0.717) is 17.9 Å². The number of fused-ring (bicyclic) bond motifs is 1. The zero-order valence-corrected chi connectivity index (χ0v) is 17.0. The number of aromatic nitrogens is 3. The fourth-order valence-corrected chi connectivity index (χ4v) is 4.66. The van der Waals surface area contributed by atoms with Gasteiger partial charge in [0.1, 0.15) is 5.82 Å². The molecule has 2 amide bonds. The smallest absolute Gasteiger partial charge is 0.234 e. The average molecular weight is 425 g/mol. The fourth-order valence-electron chi connectivity index (χ4n) is 4.28. The summed E-state index contributed by atoms with van der Waals surface area (Å²) < 4.78 is 1.85. The lowest BCUT2D eigenvalue weighted by Gasteiger charge is -2.38. The molecule has 3 aromatic rings. The summed E-state index contributed by atoms with van der Waals surface area (Å²) in [6, 6.07) is 9.67. The number of rotatable bonds is 3. The van der Waals surface area contributed by atoms with E-state index in [0.717, 1.165) is 48.9 Å². The molecular weight excluding hydrogens is 404 g/mol. The van der Waals surface area contributed by atoms with Crippen LogP contribution >= 0.6 is 11.6 Å². The number of nitrogens with zero attached hydrogens (tertiary/aromatic N) is 5. The summed E-state index contributed by atoms with van der Waals surface area (Å²) in [6.45, 7) is 3.23. The van der Waals surface area contributed by atoms with E-state index in [9.17, 15) is 9.59 Å². The summed E-state index contributed by atoms with van der Waals surface area (Å²) in [5, 5.41) is 7.39. The van der Waals surface area contributed by atoms with Gasteiger partial charge in [0.15, 0.2) is 5.65 Å². The first-order valence-corrected chi connectivity index (χ1v) is 10.4. The topological polar surface area (TPSA) is 82.8 Å². The molecule has 1 unspecified atom stereocenters. The average Bonchev–Trinajstić information content (AvgIpc) is 3.24. The molecule has 8 nitrogen and oxygen atoms in total. The van der Waals surface area contributed by atoms with Crippen LogP contribution in [0.5, 0.6) is 0 Å². The van der Waals surface area contributed by atoms with Crippen molar-refractivity contribution in [3.05, 3.63) is 53.3 Å². The van der Waals surface area contributed by atoms with Gasteiger partial charge in [-0.25, -0.2) is 4.98 Å². The van der Waals surface area contributed by atoms with Crippen LogP contribution in [0.1, 0.15) is 24.3 Å². The Labute approximate surface area is 178 Å². The van der Waals surface area contributed by atoms with Crippen molar-refractivity contribution in [2.75, 3.05) is 36.0 Å². The first kappa shape index (κ1) is 18.9. The second-order valence-electron chi connectivity index (χ2n) is 7.56. The molecule has 0 spiro atoms. The van der Waals surface area contributed by atoms with Gasteiger partial charge in [0.2, 0.25) is 11.8 Å². The van der Waals surface area contributed by atoms with Gasteiger partial charge in [-0.15, -0.1) is 0 Å². The van der Waals surface area contributed by atoms with Crippen molar-refractivity contribution in [3.8, 4) is 0 Å². The Morgan fingerprint density at radius 2 is 1.80 bits per heavy atom. The Morgan fingerprint density at radius 3 is 2.60 bits per heavy atom. The maximum Gasteiger partial charge on any atom is 0.234 e. The molecule has 30 heavy (non-hydrogen) atoms. The van der Waals surface area contributed by atoms with E-state index in [4.69, 9.17) is 11.6 Å². The summed E-state index contributed by atoms with van der Waals surface area (Å²) >= 11 is 6.75. The minimum absolute atomic E-state index is 0.220. The predicted molar refractivity (Wildman–Crippen MR) is 114 cm³/mol. The normalized spacial score (nSPS) is 20.0. The van der Waals surface area contributed by atoms with E-state index in [-0.39, 0.29) is 17.7 Å². The van der Waals surface area contributed by atoms with Crippen LogP contribution in [-0.4, -0.2) is 52.6 Å². The maximum absolute atomic E-state index is 12.3. The molecule has 0 saturated carbocycles. The monoisotopic (exact) mass is 424 g/mol. The van der Waals surface area contributed by atoms with Crippen molar-refractivity contribution in [2.45, 2.75) is 18.8 Å². The predicted octanol–water partition coefficient (Wildman–Crippen LogP) is 2.23. The van der Waals surface area contributed by atoms with Crippen LogP contribution in [0.15, 0.2) is 42.7 Å². The summed E-state index contributed by atoms with van der Waals surface area (Å²) in [6.07, 6.45) is 4.38. The molecule has 2 saturated heterocycles. The first-order valence-electron chi connectivity index (χ1n) is 10.0. The molecule has 5 rings (SSSR count). The number of carbonyl (C=O) groups excluding carboxylic acids is 2. The van der Waals surface area contributed by atoms with E-state index in [1.54, 1.807) is 12.4 Å². The van der Waals surface area contributed by atoms with E-state index in [2.05, 4.69) is 25.2 Å². The van der Waals surface area contributed by atoms with Crippen molar-refractivity contribution in [1.29, 1.82) is 0 Å². The number of carbonyl (C=O) groups is 2. The van der Waals surface area contributed by atoms with Gasteiger partial charge in [0.05, 0.1) is 22.8 Å². The van der Waals surface area contributed by atoms with Crippen molar-refractivity contribution in [2.24, 2.45) is 0 Å². The molecule has 9 heteroatoms. The molecule has 2 aliphatic rings. The Kier molecular flexibility index (Phi) is 4.78. The molecule has 4 heterocycles. The zero-order valence-electron chi connectivity index (χ0n) is 16.3. The molecule has 1 N–H and O–H groups in total. The number of imide groups is 1. The number of hydrogen-bond donors (Lipinski definition) is 1. The van der Waals surface area contributed by atoms with Crippen molar-refractivity contribution in [3.63, 3.8) is 0 Å². The van der Waals surface area contributed by atoms with Gasteiger partial charge in [-0.3, -0.25) is 14.9 Å². The van der Waals surface area contributed by atoms with E-state index in [1.807, 2.05) is 34.8 Å². The molecule has 1 aromatic carbocycles. The number of piperazine rings is 1. The quantitative estimate of drug-likeness (QED) is 0.649. The van der Waals surface area contributed by atoms with Gasteiger partial charge in [-0.1, -0.05) is 23.7 Å². The Morgan fingerprint density at radius 1 is 1.00 bits per heavy atom. The molecule has 0 aliphatic carbocycles. The summed E-state index contributed by atoms with van der Waals surface area (Å²) in [7, 11) is 0. The summed E-state index contributed by atoms with van der Waals surface area (Å²) in [5.41, 5.74) is 2.54. The van der Waals surface area contributed by atoms with Gasteiger partial charge >= 0.3 is 0 Å². The van der Waals surface area contributed by atoms with Gasteiger partial charge in [-0.2, -0.15) is 9.61 Å². The van der Waals surface area contributed by atoms with Crippen molar-refractivity contribution in [1.82, 2.24) is 19.9 Å². The molecule has 1 atom stereocenters. The standard InChI is InChI=1S/C21H21ClN6O2/c22-20-14(15-4-5-18(29)25-21(15)30)2-1-3-16(20)26-10-12-27(13-11-26)19-7-8-23-17-6-9-24-28(17)19/h1-3,6-9,15H,4-5,10-13H2,(H,25,29,30). The highest BCUT2D eigenvalue weighted by atomic mass is 35.5. The second-order valence-corrected chi connectivity index (χ2v) is 7.94. The van der Waals surface area contributed by atoms with Crippen LogP contribution in [0.4, 0.5) is 11.5 Å². The van der Waals surface area contributed by atoms with E-state index >= 15 is 0 Å². The molecule has 2 aliphatic heterocycles. The van der Waals surface area contributed by atoms with Gasteiger partial charge in [0.25, 0.3) is 0 Å². The highest BCUT2D eigenvalue weighted by Crippen LogP contribution is 2.37. The molecule has 0 bridgehead atoms. The summed E-state index contributed by atoms with van der Waals surface area (Å²) in [4.78, 5) is 32.6. The van der Waals surface area contributed by atoms with Crippen molar-refractivity contribution < 1.29 is 9.59 Å². The molecular formula is C21H21ClN6O2. The van der Waals surface area contributed by atoms with Crippen LogP contribution < -0.4 is 15.1 Å². The van der Waals surface area contributed by atoms with Gasteiger partial charge < -0.3 is 9.80 Å². The lowest BCUT2D eigenvalue weighted by atomic mass is 9.90. The lowest BCUT2D eigenvalue weighted by Crippen LogP contribution is -2.47. The third-order valence-corrected chi connectivity index (χ3v) is 6.25. The first-order chi connectivity index (χ1) is 14.6. The molecule has 2 aromatic heterocycles. The number of halogens is 1. The second kappa shape index (κ2) is 7.60. The molecule has 2 fully saturated rings. The number of hydrogen-bond acceptors (Lipinski definition) is 6. The highest BCUT2D eigenvalue weighted by Gasteiger charge is 2.31. The van der Waals surface area contributed by atoms with Gasteiger partial charge in [0, 0.05) is 44.9 Å². The van der Waals surface area contributed by atoms with E-state index < -0.39 is 0 Å². The van der Waals surface area contributed by atoms with Crippen LogP contribution in [-0.2, 0) is 9.59 Å². The van der Waals surface area contributed by atoms with Gasteiger partial charge in [-0.05, 0) is 24.1 Å². The molecule has 0 radical (unpaired) electrons. The number of nitrogens with one attached hydrogen (secondary N) is 1. The van der Waals surface area contributed by atoms with Crippen LogP contribution in [0, 0.1) is 0 Å².